The Balaban J connectivity index is 1.58. The van der Waals surface area contributed by atoms with E-state index < -0.39 is 22.0 Å². The lowest BCUT2D eigenvalue weighted by Crippen LogP contribution is -2.48. The fourth-order valence-electron chi connectivity index (χ4n) is 4.22. The molecule has 3 rings (SSSR count). The molecule has 0 aliphatic heterocycles. The summed E-state index contributed by atoms with van der Waals surface area (Å²) in [5.74, 6) is -0.582. The van der Waals surface area contributed by atoms with Crippen molar-refractivity contribution < 1.29 is 22.4 Å². The number of rotatable bonds is 11. The molecule has 4 N–H and O–H groups in total. The van der Waals surface area contributed by atoms with Crippen LogP contribution in [0.4, 0.5) is 15.8 Å². The number of amides is 2. The highest BCUT2D eigenvalue weighted by Crippen LogP contribution is 2.27. The van der Waals surface area contributed by atoms with Crippen molar-refractivity contribution in [3.05, 3.63) is 59.9 Å². The first-order valence-electron chi connectivity index (χ1n) is 11.9. The molecule has 1 aliphatic carbocycles. The van der Waals surface area contributed by atoms with Gasteiger partial charge in [-0.15, -0.1) is 0 Å². The number of sulfonamides is 1. The van der Waals surface area contributed by atoms with E-state index in [-0.39, 0.29) is 11.7 Å². The molecule has 10 heteroatoms. The second-order valence-corrected chi connectivity index (χ2v) is 10.7. The Morgan fingerprint density at radius 2 is 1.57 bits per heavy atom. The molecular weight excluding hydrogens is 471 g/mol. The minimum absolute atomic E-state index is 0.250. The van der Waals surface area contributed by atoms with Gasteiger partial charge in [0.1, 0.15) is 11.9 Å². The zero-order valence-electron chi connectivity index (χ0n) is 19.8. The Morgan fingerprint density at radius 1 is 0.943 bits per heavy atom. The molecule has 0 saturated heterocycles. The first-order valence-corrected chi connectivity index (χ1v) is 13.7. The molecule has 2 amide bonds. The zero-order chi connectivity index (χ0) is 25.3. The van der Waals surface area contributed by atoms with E-state index in [2.05, 4.69) is 20.7 Å². The summed E-state index contributed by atoms with van der Waals surface area (Å²) in [6.45, 7) is 0.801. The summed E-state index contributed by atoms with van der Waals surface area (Å²) in [6.07, 6.45) is 7.15. The third-order valence-corrected chi connectivity index (χ3v) is 6.57. The van der Waals surface area contributed by atoms with Crippen molar-refractivity contribution in [2.24, 2.45) is 5.92 Å². The van der Waals surface area contributed by atoms with Crippen LogP contribution in [0, 0.1) is 11.7 Å². The highest BCUT2D eigenvalue weighted by molar-refractivity contribution is 7.92. The van der Waals surface area contributed by atoms with Crippen LogP contribution in [0.25, 0.3) is 0 Å². The van der Waals surface area contributed by atoms with Crippen LogP contribution in [0.2, 0.25) is 0 Å². The summed E-state index contributed by atoms with van der Waals surface area (Å²) >= 11 is 0. The lowest BCUT2D eigenvalue weighted by atomic mass is 9.84. The van der Waals surface area contributed by atoms with Crippen LogP contribution in [0.15, 0.2) is 48.5 Å². The van der Waals surface area contributed by atoms with E-state index in [9.17, 15) is 22.4 Å². The average Bonchev–Trinajstić information content (AvgIpc) is 2.82. The van der Waals surface area contributed by atoms with Crippen molar-refractivity contribution in [2.45, 2.75) is 44.6 Å². The Kier molecular flexibility index (Phi) is 9.47. The van der Waals surface area contributed by atoms with E-state index in [0.717, 1.165) is 37.6 Å². The van der Waals surface area contributed by atoms with Gasteiger partial charge in [-0.05, 0) is 60.9 Å². The highest BCUT2D eigenvalue weighted by atomic mass is 32.2. The molecule has 1 unspecified atom stereocenters. The third kappa shape index (κ3) is 9.20. The summed E-state index contributed by atoms with van der Waals surface area (Å²) in [4.78, 5) is 25.8. The van der Waals surface area contributed by atoms with E-state index in [4.69, 9.17) is 0 Å². The van der Waals surface area contributed by atoms with Gasteiger partial charge in [-0.25, -0.2) is 12.8 Å². The summed E-state index contributed by atoms with van der Waals surface area (Å²) in [5, 5.41) is 8.86. The number of carbonyl (C=O) groups excluding carboxylic acids is 2. The second-order valence-electron chi connectivity index (χ2n) is 8.94. The van der Waals surface area contributed by atoms with Gasteiger partial charge in [0.15, 0.2) is 0 Å². The summed E-state index contributed by atoms with van der Waals surface area (Å²) in [6, 6.07) is 11.3. The third-order valence-electron chi connectivity index (χ3n) is 5.96. The van der Waals surface area contributed by atoms with Crippen LogP contribution < -0.4 is 20.7 Å². The first-order chi connectivity index (χ1) is 16.7. The van der Waals surface area contributed by atoms with Crippen molar-refractivity contribution in [2.75, 3.05) is 29.4 Å². The van der Waals surface area contributed by atoms with Gasteiger partial charge >= 0.3 is 0 Å². The quantitative estimate of drug-likeness (QED) is 0.350. The van der Waals surface area contributed by atoms with Gasteiger partial charge in [-0.1, -0.05) is 32.1 Å². The number of benzene rings is 2. The number of halogens is 1. The predicted molar refractivity (Wildman–Crippen MR) is 135 cm³/mol. The number of hydrogen-bond donors (Lipinski definition) is 4. The van der Waals surface area contributed by atoms with Gasteiger partial charge in [0.25, 0.3) is 5.91 Å². The van der Waals surface area contributed by atoms with Crippen LogP contribution in [0.3, 0.4) is 0 Å². The highest BCUT2D eigenvalue weighted by Gasteiger charge is 2.26. The molecule has 35 heavy (non-hydrogen) atoms. The molecule has 1 fully saturated rings. The monoisotopic (exact) mass is 504 g/mol. The molecule has 1 atom stereocenters. The SMILES string of the molecule is CS(=O)(=O)Nc1ccc(C(=O)NC(CC2CCCCC2)C(=O)NCCNc2ccc(F)cc2)cc1. The van der Waals surface area contributed by atoms with Crippen molar-refractivity contribution in [3.8, 4) is 0 Å². The maximum atomic E-state index is 13.0. The molecule has 0 radical (unpaired) electrons. The molecule has 8 nitrogen and oxygen atoms in total. The van der Waals surface area contributed by atoms with Gasteiger partial charge in [-0.2, -0.15) is 0 Å². The zero-order valence-corrected chi connectivity index (χ0v) is 20.7. The van der Waals surface area contributed by atoms with Gasteiger partial charge in [0, 0.05) is 30.0 Å². The molecule has 1 aliphatic rings. The van der Waals surface area contributed by atoms with Gasteiger partial charge in [0.05, 0.1) is 6.26 Å². The van der Waals surface area contributed by atoms with E-state index in [0.29, 0.717) is 36.7 Å². The lowest BCUT2D eigenvalue weighted by molar-refractivity contribution is -0.123. The molecule has 2 aromatic rings. The lowest BCUT2D eigenvalue weighted by Gasteiger charge is -2.26. The van der Waals surface area contributed by atoms with E-state index in [1.807, 2.05) is 0 Å². The van der Waals surface area contributed by atoms with Crippen LogP contribution in [-0.4, -0.2) is 45.6 Å². The van der Waals surface area contributed by atoms with Crippen LogP contribution in [-0.2, 0) is 14.8 Å². The molecular formula is C25H33FN4O4S. The minimum Gasteiger partial charge on any atom is -0.383 e. The smallest absolute Gasteiger partial charge is 0.251 e. The Bertz CT molecular complexity index is 1090. The van der Waals surface area contributed by atoms with Gasteiger partial charge in [0.2, 0.25) is 15.9 Å². The van der Waals surface area contributed by atoms with Crippen LogP contribution >= 0.6 is 0 Å². The maximum absolute atomic E-state index is 13.0. The van der Waals surface area contributed by atoms with Crippen LogP contribution in [0.1, 0.15) is 48.9 Å². The van der Waals surface area contributed by atoms with Gasteiger partial charge in [-0.3, -0.25) is 14.3 Å². The van der Waals surface area contributed by atoms with Crippen LogP contribution in [0.5, 0.6) is 0 Å². The number of nitrogens with one attached hydrogen (secondary N) is 4. The van der Waals surface area contributed by atoms with Crippen molar-refractivity contribution >= 4 is 33.2 Å². The maximum Gasteiger partial charge on any atom is 0.251 e. The number of carbonyl (C=O) groups is 2. The summed E-state index contributed by atoms with van der Waals surface area (Å²) in [7, 11) is -3.41. The fraction of sp³-hybridized carbons (Fsp3) is 0.440. The normalized spacial score (nSPS) is 15.1. The van der Waals surface area contributed by atoms with E-state index in [1.54, 1.807) is 12.1 Å². The topological polar surface area (TPSA) is 116 Å². The summed E-state index contributed by atoms with van der Waals surface area (Å²) in [5.41, 5.74) is 1.44. The van der Waals surface area contributed by atoms with Crippen molar-refractivity contribution in [3.63, 3.8) is 0 Å². The second kappa shape index (κ2) is 12.5. The fourth-order valence-corrected chi connectivity index (χ4v) is 4.78. The van der Waals surface area contributed by atoms with E-state index >= 15 is 0 Å². The van der Waals surface area contributed by atoms with Crippen molar-refractivity contribution in [1.82, 2.24) is 10.6 Å². The number of hydrogen-bond acceptors (Lipinski definition) is 5. The minimum atomic E-state index is -3.41. The summed E-state index contributed by atoms with van der Waals surface area (Å²) < 4.78 is 38.1. The molecule has 2 aromatic carbocycles. The first kappa shape index (κ1) is 26.5. The molecule has 0 bridgehead atoms. The van der Waals surface area contributed by atoms with E-state index in [1.165, 1.54) is 42.8 Å². The molecule has 190 valence electrons. The van der Waals surface area contributed by atoms with Gasteiger partial charge < -0.3 is 16.0 Å². The average molecular weight is 505 g/mol. The Morgan fingerprint density at radius 3 is 2.20 bits per heavy atom. The molecule has 1 saturated carbocycles. The molecule has 0 spiro atoms. The largest absolute Gasteiger partial charge is 0.383 e. The number of anilines is 2. The standard InChI is InChI=1S/C25H33FN4O4S/c1-35(33,34)30-22-11-7-19(8-12-22)24(31)29-23(17-18-5-3-2-4-6-18)25(32)28-16-15-27-21-13-9-20(26)10-14-21/h7-14,18,23,27,30H,2-6,15-17H2,1H3,(H,28,32)(H,29,31). The molecule has 0 heterocycles. The predicted octanol–water partition coefficient (Wildman–Crippen LogP) is 3.49. The Labute approximate surface area is 206 Å². The molecule has 0 aromatic heterocycles. The van der Waals surface area contributed by atoms with Crippen molar-refractivity contribution in [1.29, 1.82) is 0 Å². The Hall–Kier alpha value is -3.14.